The number of carbonyl (C=O) groups is 1. The largest absolute Gasteiger partial charge is 0.339 e. The molecule has 3 heteroatoms. The third kappa shape index (κ3) is 4.98. The predicted octanol–water partition coefficient (Wildman–Crippen LogP) is 4.95. The van der Waals surface area contributed by atoms with Gasteiger partial charge in [0.25, 0.3) is 5.91 Å². The molecule has 3 nitrogen and oxygen atoms in total. The van der Waals surface area contributed by atoms with Crippen LogP contribution in [0.25, 0.3) is 0 Å². The second-order valence-electron chi connectivity index (χ2n) is 8.20. The first kappa shape index (κ1) is 20.4. The average Bonchev–Trinajstić information content (AvgIpc) is 2.83. The van der Waals surface area contributed by atoms with Crippen molar-refractivity contribution < 1.29 is 4.79 Å². The molecule has 1 heterocycles. The van der Waals surface area contributed by atoms with Crippen LogP contribution in [0.5, 0.6) is 0 Å². The highest BCUT2D eigenvalue weighted by Gasteiger charge is 2.24. The number of likely N-dealkylation sites (tertiary alicyclic amines) is 1. The first-order chi connectivity index (χ1) is 14.7. The molecule has 0 saturated carbocycles. The van der Waals surface area contributed by atoms with Gasteiger partial charge in [-0.15, -0.1) is 0 Å². The van der Waals surface area contributed by atoms with E-state index in [1.165, 1.54) is 22.3 Å². The van der Waals surface area contributed by atoms with Gasteiger partial charge in [0, 0.05) is 25.2 Å². The quantitative estimate of drug-likeness (QED) is 0.638. The summed E-state index contributed by atoms with van der Waals surface area (Å²) in [4.78, 5) is 15.1. The monoisotopic (exact) mass is 398 g/mol. The zero-order valence-corrected chi connectivity index (χ0v) is 17.5. The van der Waals surface area contributed by atoms with E-state index < -0.39 is 0 Å². The van der Waals surface area contributed by atoms with Crippen molar-refractivity contribution in [3.8, 4) is 0 Å². The number of piperidine rings is 1. The topological polar surface area (TPSA) is 46.3 Å². The van der Waals surface area contributed by atoms with Crippen molar-refractivity contribution in [1.29, 1.82) is 0 Å². The van der Waals surface area contributed by atoms with Crippen LogP contribution >= 0.6 is 0 Å². The van der Waals surface area contributed by atoms with Crippen molar-refractivity contribution in [3.05, 3.63) is 107 Å². The van der Waals surface area contributed by atoms with Crippen molar-refractivity contribution in [2.45, 2.75) is 38.1 Å². The Morgan fingerprint density at radius 1 is 0.800 bits per heavy atom. The lowest BCUT2D eigenvalue weighted by atomic mass is 9.88. The molecule has 0 unspecified atom stereocenters. The number of rotatable bonds is 6. The predicted molar refractivity (Wildman–Crippen MR) is 123 cm³/mol. The number of amides is 1. The van der Waals surface area contributed by atoms with Crippen LogP contribution in [0.15, 0.2) is 78.9 Å². The molecular formula is C27H30N2O. The van der Waals surface area contributed by atoms with Crippen LogP contribution in [0.3, 0.4) is 0 Å². The Morgan fingerprint density at radius 3 is 2.23 bits per heavy atom. The Labute approximate surface area is 179 Å². The third-order valence-electron chi connectivity index (χ3n) is 6.16. The zero-order valence-electron chi connectivity index (χ0n) is 17.5. The fourth-order valence-electron chi connectivity index (χ4n) is 4.37. The van der Waals surface area contributed by atoms with Crippen molar-refractivity contribution in [3.63, 3.8) is 0 Å². The molecule has 2 N–H and O–H groups in total. The molecule has 0 bridgehead atoms. The lowest BCUT2D eigenvalue weighted by molar-refractivity contribution is 0.0713. The van der Waals surface area contributed by atoms with E-state index in [4.69, 9.17) is 5.73 Å². The smallest absolute Gasteiger partial charge is 0.253 e. The molecule has 0 radical (unpaired) electrons. The Balaban J connectivity index is 1.36. The summed E-state index contributed by atoms with van der Waals surface area (Å²) < 4.78 is 0. The van der Waals surface area contributed by atoms with Crippen molar-refractivity contribution in [2.75, 3.05) is 13.1 Å². The van der Waals surface area contributed by atoms with Crippen molar-refractivity contribution in [2.24, 2.45) is 5.73 Å². The average molecular weight is 399 g/mol. The maximum atomic E-state index is 13.1. The maximum Gasteiger partial charge on any atom is 0.253 e. The van der Waals surface area contributed by atoms with Gasteiger partial charge in [0.1, 0.15) is 0 Å². The lowest BCUT2D eigenvalue weighted by Crippen LogP contribution is -2.38. The first-order valence-corrected chi connectivity index (χ1v) is 10.9. The molecule has 0 aromatic heterocycles. The number of nitrogens with zero attached hydrogens (tertiary/aromatic N) is 1. The number of benzene rings is 3. The second-order valence-corrected chi connectivity index (χ2v) is 8.20. The molecule has 1 fully saturated rings. The highest BCUT2D eigenvalue weighted by molar-refractivity contribution is 5.94. The number of hydrogen-bond acceptors (Lipinski definition) is 2. The molecule has 30 heavy (non-hydrogen) atoms. The Bertz CT molecular complexity index is 975. The lowest BCUT2D eigenvalue weighted by Gasteiger charge is -2.32. The molecule has 1 aliphatic rings. The molecule has 1 aliphatic heterocycles. The number of hydrogen-bond donors (Lipinski definition) is 1. The van der Waals surface area contributed by atoms with Gasteiger partial charge in [-0.25, -0.2) is 0 Å². The highest BCUT2D eigenvalue weighted by atomic mass is 16.2. The van der Waals surface area contributed by atoms with E-state index in [9.17, 15) is 4.79 Å². The summed E-state index contributed by atoms with van der Waals surface area (Å²) in [6.07, 6.45) is 3.96. The van der Waals surface area contributed by atoms with Gasteiger partial charge >= 0.3 is 0 Å². The maximum absolute atomic E-state index is 13.1. The van der Waals surface area contributed by atoms with Crippen LogP contribution in [0, 0.1) is 0 Å². The van der Waals surface area contributed by atoms with Gasteiger partial charge in [-0.2, -0.15) is 0 Å². The Morgan fingerprint density at radius 2 is 1.47 bits per heavy atom. The number of aryl methyl sites for hydroxylation is 2. The van der Waals surface area contributed by atoms with E-state index in [-0.39, 0.29) is 5.91 Å². The summed E-state index contributed by atoms with van der Waals surface area (Å²) in [7, 11) is 0. The van der Waals surface area contributed by atoms with Crippen molar-refractivity contribution in [1.82, 2.24) is 4.90 Å². The van der Waals surface area contributed by atoms with E-state index >= 15 is 0 Å². The zero-order chi connectivity index (χ0) is 20.8. The van der Waals surface area contributed by atoms with Crippen LogP contribution in [0.1, 0.15) is 51.4 Å². The van der Waals surface area contributed by atoms with Gasteiger partial charge < -0.3 is 10.6 Å². The van der Waals surface area contributed by atoms with Gasteiger partial charge in [0.15, 0.2) is 0 Å². The summed E-state index contributed by atoms with van der Waals surface area (Å²) in [5, 5.41) is 0. The summed E-state index contributed by atoms with van der Waals surface area (Å²) in [6.45, 7) is 2.20. The molecule has 154 valence electrons. The summed E-state index contributed by atoms with van der Waals surface area (Å²) in [5.74, 6) is 0.670. The second kappa shape index (κ2) is 9.73. The Hall–Kier alpha value is -2.91. The minimum absolute atomic E-state index is 0.158. The molecule has 1 amide bonds. The Kier molecular flexibility index (Phi) is 6.60. The normalized spacial score (nSPS) is 14.6. The van der Waals surface area contributed by atoms with Gasteiger partial charge in [-0.3, -0.25) is 4.79 Å². The molecule has 4 rings (SSSR count). The molecule has 0 spiro atoms. The van der Waals surface area contributed by atoms with Gasteiger partial charge in [0.2, 0.25) is 0 Å². The third-order valence-corrected chi connectivity index (χ3v) is 6.16. The fraction of sp³-hybridized carbons (Fsp3) is 0.296. The molecule has 3 aromatic carbocycles. The summed E-state index contributed by atoms with van der Waals surface area (Å²) in [5.41, 5.74) is 11.7. The van der Waals surface area contributed by atoms with E-state index in [0.717, 1.165) is 44.3 Å². The minimum Gasteiger partial charge on any atom is -0.339 e. The molecule has 3 aromatic rings. The minimum atomic E-state index is 0.158. The first-order valence-electron chi connectivity index (χ1n) is 10.9. The standard InChI is InChI=1S/C27H30N2O/c28-20-23-9-5-10-25(19-23)24-14-16-29(17-15-24)27(30)26-11-4-8-22(18-26)13-12-21-6-2-1-3-7-21/h1-11,18-19,24H,12-17,20,28H2. The summed E-state index contributed by atoms with van der Waals surface area (Å²) in [6, 6.07) is 27.2. The molecule has 0 aliphatic carbocycles. The fourth-order valence-corrected chi connectivity index (χ4v) is 4.37. The van der Waals surface area contributed by atoms with Gasteiger partial charge in [0.05, 0.1) is 0 Å². The van der Waals surface area contributed by atoms with Crippen LogP contribution in [0.2, 0.25) is 0 Å². The van der Waals surface area contributed by atoms with E-state index in [1.54, 1.807) is 0 Å². The van der Waals surface area contributed by atoms with Crippen LogP contribution in [-0.2, 0) is 19.4 Å². The molecule has 1 saturated heterocycles. The SMILES string of the molecule is NCc1cccc(C2CCN(C(=O)c3cccc(CCc4ccccc4)c3)CC2)c1. The van der Waals surface area contributed by atoms with Crippen LogP contribution in [-0.4, -0.2) is 23.9 Å². The van der Waals surface area contributed by atoms with Gasteiger partial charge in [-0.05, 0) is 66.0 Å². The summed E-state index contributed by atoms with van der Waals surface area (Å²) >= 11 is 0. The highest BCUT2D eigenvalue weighted by Crippen LogP contribution is 2.29. The van der Waals surface area contributed by atoms with Crippen LogP contribution in [0.4, 0.5) is 0 Å². The van der Waals surface area contributed by atoms with E-state index in [1.807, 2.05) is 23.1 Å². The van der Waals surface area contributed by atoms with Crippen molar-refractivity contribution >= 4 is 5.91 Å². The molecule has 0 atom stereocenters. The van der Waals surface area contributed by atoms with E-state index in [0.29, 0.717) is 12.5 Å². The van der Waals surface area contributed by atoms with Gasteiger partial charge in [-0.1, -0.05) is 66.7 Å². The number of nitrogens with two attached hydrogens (primary N) is 1. The molecular weight excluding hydrogens is 368 g/mol. The van der Waals surface area contributed by atoms with E-state index in [2.05, 4.69) is 60.7 Å². The van der Waals surface area contributed by atoms with Crippen LogP contribution < -0.4 is 5.73 Å². The number of carbonyl (C=O) groups excluding carboxylic acids is 1.